The third kappa shape index (κ3) is 8.75. The predicted octanol–water partition coefficient (Wildman–Crippen LogP) is 9.03. The highest BCUT2D eigenvalue weighted by molar-refractivity contribution is 5.90. The van der Waals surface area contributed by atoms with Gasteiger partial charge in [-0.1, -0.05) is 106 Å². The van der Waals surface area contributed by atoms with Crippen LogP contribution in [-0.2, 0) is 19.3 Å². The molecular formula is C31H36F3N. The summed E-state index contributed by atoms with van der Waals surface area (Å²) in [5.74, 6) is 6.73. The Labute approximate surface area is 208 Å². The molecule has 0 atom stereocenters. The molecule has 1 N–H and O–H groups in total. The molecule has 1 nitrogen and oxygen atoms in total. The van der Waals surface area contributed by atoms with Crippen LogP contribution in [0.5, 0.6) is 0 Å². The van der Waals surface area contributed by atoms with Crippen molar-refractivity contribution < 1.29 is 13.2 Å². The molecule has 4 heteroatoms. The smallest absolute Gasteiger partial charge is 0.309 e. The number of alkyl halides is 3. The number of rotatable bonds is 12. The predicted molar refractivity (Wildman–Crippen MR) is 140 cm³/mol. The van der Waals surface area contributed by atoms with Gasteiger partial charge in [0.25, 0.3) is 0 Å². The second kappa shape index (κ2) is 14.0. The van der Waals surface area contributed by atoms with Gasteiger partial charge in [0.05, 0.1) is 5.56 Å². The molecule has 3 rings (SSSR count). The molecule has 0 aliphatic carbocycles. The van der Waals surface area contributed by atoms with E-state index in [2.05, 4.69) is 48.3 Å². The summed E-state index contributed by atoms with van der Waals surface area (Å²) >= 11 is 0. The van der Waals surface area contributed by atoms with Crippen LogP contribution in [0.3, 0.4) is 0 Å². The van der Waals surface area contributed by atoms with Crippen molar-refractivity contribution in [2.45, 2.75) is 84.0 Å². The number of hydrogen-bond acceptors (Lipinski definition) is 1. The maximum absolute atomic E-state index is 12.7. The summed E-state index contributed by atoms with van der Waals surface area (Å²) < 4.78 is 38.2. The third-order valence-corrected chi connectivity index (χ3v) is 6.32. The normalized spacial score (nSPS) is 11.4. The SMILES string of the molecule is CCCCCCCCCCC#Cc1ccc(CNCc2ccc(C(F)(F)F)cc2)c2ccccc12. The molecule has 0 amide bonds. The minimum Gasteiger partial charge on any atom is -0.309 e. The van der Waals surface area contributed by atoms with Crippen molar-refractivity contribution in [2.24, 2.45) is 0 Å². The average molecular weight is 480 g/mol. The standard InChI is InChI=1S/C31H36F3N/c1-2-3-4-5-6-7-8-9-10-11-14-26-19-20-27(30-16-13-12-15-29(26)30)24-35-23-25-17-21-28(22-18-25)31(32,33)34/h12-13,15-22,35H,2-10,23-24H2,1H3. The molecule has 0 bridgehead atoms. The molecule has 3 aromatic rings. The molecule has 0 aliphatic rings. The first-order chi connectivity index (χ1) is 17.0. The van der Waals surface area contributed by atoms with Gasteiger partial charge in [-0.05, 0) is 46.5 Å². The summed E-state index contributed by atoms with van der Waals surface area (Å²) in [6, 6.07) is 17.8. The zero-order chi connectivity index (χ0) is 24.9. The minimum absolute atomic E-state index is 0.507. The van der Waals surface area contributed by atoms with Crippen molar-refractivity contribution >= 4 is 10.8 Å². The van der Waals surface area contributed by atoms with Gasteiger partial charge in [-0.15, -0.1) is 0 Å². The van der Waals surface area contributed by atoms with E-state index in [1.54, 1.807) is 0 Å². The Kier molecular flexibility index (Phi) is 10.7. The molecule has 0 fully saturated rings. The molecule has 3 aromatic carbocycles. The summed E-state index contributed by atoms with van der Waals surface area (Å²) in [6.45, 7) is 3.39. The summed E-state index contributed by atoms with van der Waals surface area (Å²) in [5, 5.41) is 5.66. The number of hydrogen-bond donors (Lipinski definition) is 1. The van der Waals surface area contributed by atoms with Gasteiger partial charge in [0.1, 0.15) is 0 Å². The van der Waals surface area contributed by atoms with Gasteiger partial charge in [-0.2, -0.15) is 13.2 Å². The summed E-state index contributed by atoms with van der Waals surface area (Å²) in [6.07, 6.45) is 7.06. The lowest BCUT2D eigenvalue weighted by Gasteiger charge is -2.11. The second-order valence-corrected chi connectivity index (χ2v) is 9.14. The Morgan fingerprint density at radius 2 is 1.37 bits per heavy atom. The summed E-state index contributed by atoms with van der Waals surface area (Å²) in [7, 11) is 0. The lowest BCUT2D eigenvalue weighted by atomic mass is 9.99. The first-order valence-electron chi connectivity index (χ1n) is 12.9. The monoisotopic (exact) mass is 479 g/mol. The molecule has 0 spiro atoms. The summed E-state index contributed by atoms with van der Waals surface area (Å²) in [5.41, 5.74) is 2.41. The second-order valence-electron chi connectivity index (χ2n) is 9.14. The number of unbranched alkanes of at least 4 members (excludes halogenated alkanes) is 8. The van der Waals surface area contributed by atoms with Crippen LogP contribution < -0.4 is 5.32 Å². The van der Waals surface area contributed by atoms with Gasteiger partial charge < -0.3 is 5.32 Å². The van der Waals surface area contributed by atoms with Crippen molar-refractivity contribution in [3.05, 3.63) is 82.9 Å². The lowest BCUT2D eigenvalue weighted by molar-refractivity contribution is -0.137. The number of halogens is 3. The van der Waals surface area contributed by atoms with Gasteiger partial charge in [-0.3, -0.25) is 0 Å². The molecule has 0 saturated heterocycles. The van der Waals surface area contributed by atoms with E-state index in [0.717, 1.165) is 52.4 Å². The van der Waals surface area contributed by atoms with E-state index in [1.165, 1.54) is 57.1 Å². The quantitative estimate of drug-likeness (QED) is 0.202. The Morgan fingerprint density at radius 3 is 2.06 bits per heavy atom. The maximum Gasteiger partial charge on any atom is 0.416 e. The van der Waals surface area contributed by atoms with Gasteiger partial charge in [-0.25, -0.2) is 0 Å². The average Bonchev–Trinajstić information content (AvgIpc) is 2.86. The van der Waals surface area contributed by atoms with Gasteiger partial charge in [0, 0.05) is 25.1 Å². The fourth-order valence-corrected chi connectivity index (χ4v) is 4.28. The van der Waals surface area contributed by atoms with Crippen molar-refractivity contribution in [2.75, 3.05) is 0 Å². The molecular weight excluding hydrogens is 443 g/mol. The van der Waals surface area contributed by atoms with Gasteiger partial charge >= 0.3 is 6.18 Å². The fraction of sp³-hybridized carbons (Fsp3) is 0.419. The molecule has 0 unspecified atom stereocenters. The fourth-order valence-electron chi connectivity index (χ4n) is 4.28. The van der Waals surface area contributed by atoms with Crippen LogP contribution >= 0.6 is 0 Å². The van der Waals surface area contributed by atoms with E-state index in [-0.39, 0.29) is 0 Å². The Morgan fingerprint density at radius 1 is 0.714 bits per heavy atom. The number of nitrogens with one attached hydrogen (secondary N) is 1. The van der Waals surface area contributed by atoms with Crippen LogP contribution in [0.2, 0.25) is 0 Å². The zero-order valence-corrected chi connectivity index (χ0v) is 20.7. The van der Waals surface area contributed by atoms with Crippen LogP contribution in [0.15, 0.2) is 60.7 Å². The first kappa shape index (κ1) is 26.8. The van der Waals surface area contributed by atoms with Crippen molar-refractivity contribution in [3.8, 4) is 11.8 Å². The molecule has 0 aromatic heterocycles. The maximum atomic E-state index is 12.7. The van der Waals surface area contributed by atoms with E-state index >= 15 is 0 Å². The van der Waals surface area contributed by atoms with Crippen molar-refractivity contribution in [3.63, 3.8) is 0 Å². The van der Waals surface area contributed by atoms with E-state index in [1.807, 2.05) is 12.1 Å². The van der Waals surface area contributed by atoms with Crippen LogP contribution in [0.25, 0.3) is 10.8 Å². The largest absolute Gasteiger partial charge is 0.416 e. The highest BCUT2D eigenvalue weighted by atomic mass is 19.4. The minimum atomic E-state index is -4.30. The Bertz CT molecular complexity index is 1100. The van der Waals surface area contributed by atoms with E-state index in [0.29, 0.717) is 13.1 Å². The van der Waals surface area contributed by atoms with E-state index in [9.17, 15) is 13.2 Å². The molecule has 186 valence electrons. The molecule has 0 saturated carbocycles. The van der Waals surface area contributed by atoms with Gasteiger partial charge in [0.2, 0.25) is 0 Å². The lowest BCUT2D eigenvalue weighted by Crippen LogP contribution is -2.13. The molecule has 0 heterocycles. The first-order valence-corrected chi connectivity index (χ1v) is 12.9. The highest BCUT2D eigenvalue weighted by Gasteiger charge is 2.29. The van der Waals surface area contributed by atoms with Crippen LogP contribution in [0.4, 0.5) is 13.2 Å². The van der Waals surface area contributed by atoms with Crippen molar-refractivity contribution in [1.29, 1.82) is 0 Å². The Balaban J connectivity index is 1.52. The van der Waals surface area contributed by atoms with Crippen LogP contribution in [0.1, 0.15) is 87.0 Å². The highest BCUT2D eigenvalue weighted by Crippen LogP contribution is 2.29. The number of benzene rings is 3. The zero-order valence-electron chi connectivity index (χ0n) is 20.7. The molecule has 0 aliphatic heterocycles. The van der Waals surface area contributed by atoms with Crippen LogP contribution in [0, 0.1) is 11.8 Å². The molecule has 35 heavy (non-hydrogen) atoms. The van der Waals surface area contributed by atoms with Gasteiger partial charge in [0.15, 0.2) is 0 Å². The molecule has 0 radical (unpaired) electrons. The van der Waals surface area contributed by atoms with Crippen molar-refractivity contribution in [1.82, 2.24) is 5.32 Å². The topological polar surface area (TPSA) is 12.0 Å². The Hall–Kier alpha value is -2.77. The van der Waals surface area contributed by atoms with Crippen LogP contribution in [-0.4, -0.2) is 0 Å². The van der Waals surface area contributed by atoms with E-state index in [4.69, 9.17) is 0 Å². The summed E-state index contributed by atoms with van der Waals surface area (Å²) in [4.78, 5) is 0. The van der Waals surface area contributed by atoms with E-state index < -0.39 is 11.7 Å². The third-order valence-electron chi connectivity index (χ3n) is 6.32. The number of fused-ring (bicyclic) bond motifs is 1.